The average Bonchev–Trinajstić information content (AvgIpc) is 2.83. The highest BCUT2D eigenvalue weighted by molar-refractivity contribution is 5.92. The van der Waals surface area contributed by atoms with Gasteiger partial charge in [0.1, 0.15) is 5.69 Å². The number of aromatic nitrogens is 2. The summed E-state index contributed by atoms with van der Waals surface area (Å²) in [6, 6.07) is 0. The van der Waals surface area contributed by atoms with Gasteiger partial charge >= 0.3 is 0 Å². The van der Waals surface area contributed by atoms with Gasteiger partial charge in [0.2, 0.25) is 0 Å². The van der Waals surface area contributed by atoms with E-state index in [0.29, 0.717) is 11.6 Å². The molecule has 0 saturated carbocycles. The molecule has 1 atom stereocenters. The van der Waals surface area contributed by atoms with E-state index < -0.39 is 0 Å². The third-order valence-corrected chi connectivity index (χ3v) is 3.47. The summed E-state index contributed by atoms with van der Waals surface area (Å²) in [4.78, 5) is 18.3. The van der Waals surface area contributed by atoms with Crippen LogP contribution in [0.4, 0.5) is 0 Å². The molecule has 1 saturated heterocycles. The van der Waals surface area contributed by atoms with E-state index >= 15 is 0 Å². The molecular formula is C13H22N4O. The summed E-state index contributed by atoms with van der Waals surface area (Å²) in [6.45, 7) is 5.73. The van der Waals surface area contributed by atoms with E-state index in [4.69, 9.17) is 0 Å². The molecule has 1 unspecified atom stereocenters. The van der Waals surface area contributed by atoms with Gasteiger partial charge in [-0.3, -0.25) is 4.79 Å². The smallest absolute Gasteiger partial charge is 0.274 e. The molecular weight excluding hydrogens is 228 g/mol. The van der Waals surface area contributed by atoms with Gasteiger partial charge in [-0.1, -0.05) is 0 Å². The first-order valence-corrected chi connectivity index (χ1v) is 6.68. The van der Waals surface area contributed by atoms with Gasteiger partial charge in [0.25, 0.3) is 5.91 Å². The van der Waals surface area contributed by atoms with Crippen LogP contribution in [0, 0.1) is 5.92 Å². The van der Waals surface area contributed by atoms with Crippen molar-refractivity contribution in [2.75, 3.05) is 26.2 Å². The van der Waals surface area contributed by atoms with Crippen LogP contribution in [0.15, 0.2) is 12.5 Å². The number of carbonyl (C=O) groups excluding carboxylic acids is 1. The van der Waals surface area contributed by atoms with E-state index in [9.17, 15) is 4.79 Å². The summed E-state index contributed by atoms with van der Waals surface area (Å²) in [6.07, 6.45) is 5.87. The summed E-state index contributed by atoms with van der Waals surface area (Å²) >= 11 is 0. The van der Waals surface area contributed by atoms with E-state index in [2.05, 4.69) is 10.3 Å². The largest absolute Gasteiger partial charge is 0.340 e. The number of imidazole rings is 1. The van der Waals surface area contributed by atoms with Gasteiger partial charge in [-0.05, 0) is 38.8 Å². The average molecular weight is 250 g/mol. The Morgan fingerprint density at radius 2 is 2.50 bits per heavy atom. The van der Waals surface area contributed by atoms with Crippen molar-refractivity contribution in [1.82, 2.24) is 19.8 Å². The van der Waals surface area contributed by atoms with E-state index in [-0.39, 0.29) is 5.91 Å². The number of nitrogens with one attached hydrogen (secondary N) is 1. The summed E-state index contributed by atoms with van der Waals surface area (Å²) in [5.74, 6) is 0.620. The van der Waals surface area contributed by atoms with Gasteiger partial charge in [0.15, 0.2) is 0 Å². The highest BCUT2D eigenvalue weighted by Crippen LogP contribution is 2.13. The maximum Gasteiger partial charge on any atom is 0.274 e. The number of aryl methyl sites for hydroxylation is 1. The molecule has 0 spiro atoms. The molecule has 0 aromatic carbocycles. The SMILES string of the molecule is CCN(CC1CCCNC1)C(=O)c1cn(C)cn1. The van der Waals surface area contributed by atoms with Crippen molar-refractivity contribution in [3.05, 3.63) is 18.2 Å². The minimum absolute atomic E-state index is 0.0451. The summed E-state index contributed by atoms with van der Waals surface area (Å²) in [7, 11) is 1.88. The van der Waals surface area contributed by atoms with Crippen LogP contribution < -0.4 is 5.32 Å². The fourth-order valence-electron chi connectivity index (χ4n) is 2.43. The molecule has 1 fully saturated rings. The first kappa shape index (κ1) is 13.1. The van der Waals surface area contributed by atoms with Crippen LogP contribution in [0.5, 0.6) is 0 Å². The van der Waals surface area contributed by atoms with Gasteiger partial charge in [-0.25, -0.2) is 4.98 Å². The van der Waals surface area contributed by atoms with Crippen molar-refractivity contribution >= 4 is 5.91 Å². The second-order valence-electron chi connectivity index (χ2n) is 4.98. The number of amides is 1. The van der Waals surface area contributed by atoms with Gasteiger partial charge in [-0.15, -0.1) is 0 Å². The quantitative estimate of drug-likeness (QED) is 0.863. The lowest BCUT2D eigenvalue weighted by Gasteiger charge is -2.29. The van der Waals surface area contributed by atoms with E-state index in [0.717, 1.165) is 26.2 Å². The summed E-state index contributed by atoms with van der Waals surface area (Å²) in [5, 5.41) is 3.39. The molecule has 1 aromatic rings. The lowest BCUT2D eigenvalue weighted by molar-refractivity contribution is 0.0723. The van der Waals surface area contributed by atoms with Crippen LogP contribution in [-0.2, 0) is 7.05 Å². The topological polar surface area (TPSA) is 50.2 Å². The highest BCUT2D eigenvalue weighted by Gasteiger charge is 2.21. The number of nitrogens with zero attached hydrogens (tertiary/aromatic N) is 3. The fraction of sp³-hybridized carbons (Fsp3) is 0.692. The molecule has 1 aromatic heterocycles. The number of hydrogen-bond acceptors (Lipinski definition) is 3. The Kier molecular flexibility index (Phi) is 4.36. The Morgan fingerprint density at radius 3 is 3.06 bits per heavy atom. The molecule has 1 amide bonds. The van der Waals surface area contributed by atoms with E-state index in [1.165, 1.54) is 12.8 Å². The molecule has 1 N–H and O–H groups in total. The molecule has 0 bridgehead atoms. The third-order valence-electron chi connectivity index (χ3n) is 3.47. The van der Waals surface area contributed by atoms with Crippen molar-refractivity contribution in [3.8, 4) is 0 Å². The second-order valence-corrected chi connectivity index (χ2v) is 4.98. The molecule has 0 aliphatic carbocycles. The van der Waals surface area contributed by atoms with Gasteiger partial charge in [0, 0.05) is 26.3 Å². The first-order chi connectivity index (χ1) is 8.70. The highest BCUT2D eigenvalue weighted by atomic mass is 16.2. The zero-order valence-electron chi connectivity index (χ0n) is 11.2. The van der Waals surface area contributed by atoms with Gasteiger partial charge in [0.05, 0.1) is 6.33 Å². The van der Waals surface area contributed by atoms with Crippen molar-refractivity contribution < 1.29 is 4.79 Å². The molecule has 1 aliphatic heterocycles. The lowest BCUT2D eigenvalue weighted by Crippen LogP contribution is -2.41. The summed E-state index contributed by atoms with van der Waals surface area (Å²) in [5.41, 5.74) is 0.545. The first-order valence-electron chi connectivity index (χ1n) is 6.68. The molecule has 0 radical (unpaired) electrons. The maximum absolute atomic E-state index is 12.3. The molecule has 5 nitrogen and oxygen atoms in total. The Hall–Kier alpha value is -1.36. The Morgan fingerprint density at radius 1 is 1.67 bits per heavy atom. The molecule has 100 valence electrons. The molecule has 5 heteroatoms. The molecule has 2 heterocycles. The monoisotopic (exact) mass is 250 g/mol. The van der Waals surface area contributed by atoms with E-state index in [1.807, 2.05) is 23.4 Å². The summed E-state index contributed by atoms with van der Waals surface area (Å²) < 4.78 is 1.81. The van der Waals surface area contributed by atoms with Crippen LogP contribution >= 0.6 is 0 Å². The van der Waals surface area contributed by atoms with Crippen LogP contribution in [-0.4, -0.2) is 46.5 Å². The Balaban J connectivity index is 1.97. The number of rotatable bonds is 4. The van der Waals surface area contributed by atoms with Crippen molar-refractivity contribution in [1.29, 1.82) is 0 Å². The predicted molar refractivity (Wildman–Crippen MR) is 70.4 cm³/mol. The second kappa shape index (κ2) is 6.00. The van der Waals surface area contributed by atoms with Gasteiger partial charge < -0.3 is 14.8 Å². The zero-order valence-corrected chi connectivity index (χ0v) is 11.2. The molecule has 2 rings (SSSR count). The van der Waals surface area contributed by atoms with Crippen LogP contribution in [0.3, 0.4) is 0 Å². The minimum Gasteiger partial charge on any atom is -0.340 e. The standard InChI is InChI=1S/C13H22N4O/c1-3-17(8-11-5-4-6-14-7-11)13(18)12-9-16(2)10-15-12/h9-11,14H,3-8H2,1-2H3. The minimum atomic E-state index is 0.0451. The Bertz CT molecular complexity index is 395. The number of piperidine rings is 1. The maximum atomic E-state index is 12.3. The van der Waals surface area contributed by atoms with Crippen molar-refractivity contribution in [2.45, 2.75) is 19.8 Å². The third kappa shape index (κ3) is 3.10. The predicted octanol–water partition coefficient (Wildman–Crippen LogP) is 0.882. The van der Waals surface area contributed by atoms with E-state index in [1.54, 1.807) is 12.5 Å². The fourth-order valence-corrected chi connectivity index (χ4v) is 2.43. The molecule has 18 heavy (non-hydrogen) atoms. The molecule has 1 aliphatic rings. The zero-order chi connectivity index (χ0) is 13.0. The van der Waals surface area contributed by atoms with Crippen LogP contribution in [0.25, 0.3) is 0 Å². The number of hydrogen-bond donors (Lipinski definition) is 1. The van der Waals surface area contributed by atoms with Crippen molar-refractivity contribution in [2.24, 2.45) is 13.0 Å². The Labute approximate surface area is 108 Å². The van der Waals surface area contributed by atoms with Crippen LogP contribution in [0.1, 0.15) is 30.3 Å². The van der Waals surface area contributed by atoms with Crippen LogP contribution in [0.2, 0.25) is 0 Å². The lowest BCUT2D eigenvalue weighted by atomic mass is 9.99. The van der Waals surface area contributed by atoms with Crippen molar-refractivity contribution in [3.63, 3.8) is 0 Å². The number of carbonyl (C=O) groups is 1. The van der Waals surface area contributed by atoms with Gasteiger partial charge in [-0.2, -0.15) is 0 Å². The normalized spacial score (nSPS) is 19.8.